The summed E-state index contributed by atoms with van der Waals surface area (Å²) < 4.78 is 80.1. The van der Waals surface area contributed by atoms with Gasteiger partial charge in [-0.25, -0.2) is 22.9 Å². The number of imidazole rings is 1. The lowest BCUT2D eigenvalue weighted by atomic mass is 10.0. The Kier molecular flexibility index (Phi) is 8.08. The number of carbonyl (C=O) groups excluding carboxylic acids is 1. The first kappa shape index (κ1) is 26.1. The number of nitrogens with two attached hydrogens (primary N) is 2. The van der Waals surface area contributed by atoms with Gasteiger partial charge in [-0.1, -0.05) is 0 Å². The minimum absolute atomic E-state index is 0.156. The average molecular weight is 481 g/mol. The van der Waals surface area contributed by atoms with Crippen LogP contribution in [-0.2, 0) is 30.5 Å². The topological polar surface area (TPSA) is 127 Å². The number of carbonyl (C=O) groups is 2. The number of carboxylic acids is 1. The highest BCUT2D eigenvalue weighted by Crippen LogP contribution is 2.32. The van der Waals surface area contributed by atoms with Gasteiger partial charge in [0, 0.05) is 31.6 Å². The summed E-state index contributed by atoms with van der Waals surface area (Å²) in [5.41, 5.74) is 8.99. The van der Waals surface area contributed by atoms with Gasteiger partial charge in [0.05, 0.1) is 12.2 Å². The molecule has 8 nitrogen and oxygen atoms in total. The summed E-state index contributed by atoms with van der Waals surface area (Å²) in [4.78, 5) is 28.1. The molecule has 1 aliphatic heterocycles. The van der Waals surface area contributed by atoms with E-state index >= 15 is 0 Å². The lowest BCUT2D eigenvalue weighted by molar-refractivity contribution is -0.148. The summed E-state index contributed by atoms with van der Waals surface area (Å²) in [6.07, 6.45) is -5.54. The molecular formula is C19H21F6N5O3. The number of carboxylic acid groups (broad SMARTS) is 1. The Bertz CT molecular complexity index is 1040. The van der Waals surface area contributed by atoms with Crippen molar-refractivity contribution in [2.24, 2.45) is 11.5 Å². The van der Waals surface area contributed by atoms with Crippen molar-refractivity contribution in [1.82, 2.24) is 14.5 Å². The first-order valence-corrected chi connectivity index (χ1v) is 9.53. The van der Waals surface area contributed by atoms with Crippen molar-refractivity contribution < 1.29 is 41.0 Å². The molecule has 0 unspecified atom stereocenters. The quantitative estimate of drug-likeness (QED) is 0.442. The third kappa shape index (κ3) is 5.82. The number of alkyl halides is 3. The Morgan fingerprint density at radius 3 is 2.30 bits per heavy atom. The Labute approximate surface area is 183 Å². The van der Waals surface area contributed by atoms with Crippen LogP contribution in [0.1, 0.15) is 34.0 Å². The third-order valence-electron chi connectivity index (χ3n) is 4.82. The molecule has 0 spiro atoms. The number of amides is 1. The number of hydrogen-bond donors (Lipinski definition) is 3. The number of benzene rings is 1. The largest absolute Gasteiger partial charge is 0.476 e. The number of aromatic nitrogens is 2. The van der Waals surface area contributed by atoms with E-state index in [0.29, 0.717) is 16.7 Å². The van der Waals surface area contributed by atoms with Gasteiger partial charge in [0.15, 0.2) is 17.3 Å². The van der Waals surface area contributed by atoms with Crippen molar-refractivity contribution in [3.8, 4) is 0 Å². The van der Waals surface area contributed by atoms with Crippen LogP contribution in [0.2, 0.25) is 0 Å². The van der Waals surface area contributed by atoms with Crippen molar-refractivity contribution in [1.29, 1.82) is 0 Å². The zero-order valence-electron chi connectivity index (χ0n) is 17.3. The first-order chi connectivity index (χ1) is 15.4. The molecule has 1 aromatic heterocycles. The Hall–Kier alpha value is -3.13. The van der Waals surface area contributed by atoms with Crippen LogP contribution in [-0.4, -0.2) is 51.1 Å². The van der Waals surface area contributed by atoms with Crippen LogP contribution in [0.5, 0.6) is 0 Å². The van der Waals surface area contributed by atoms with Gasteiger partial charge in [0.1, 0.15) is 5.82 Å². The highest BCUT2D eigenvalue weighted by atomic mass is 19.4. The minimum Gasteiger partial charge on any atom is -0.476 e. The van der Waals surface area contributed by atoms with Crippen LogP contribution >= 0.6 is 0 Å². The maximum atomic E-state index is 13.8. The second kappa shape index (κ2) is 10.2. The molecule has 182 valence electrons. The summed E-state index contributed by atoms with van der Waals surface area (Å²) in [7, 11) is 1.50. The Balaban J connectivity index is 0.00000187. The highest BCUT2D eigenvalue weighted by molar-refractivity contribution is 5.87. The Morgan fingerprint density at radius 1 is 1.12 bits per heavy atom. The summed E-state index contributed by atoms with van der Waals surface area (Å²) in [6.45, 7) is -0.921. The zero-order valence-corrected chi connectivity index (χ0v) is 17.3. The molecule has 1 atom stereocenters. The molecule has 5 N–H and O–H groups in total. The van der Waals surface area contributed by atoms with Crippen molar-refractivity contribution in [2.45, 2.75) is 38.1 Å². The van der Waals surface area contributed by atoms with E-state index in [4.69, 9.17) is 10.8 Å². The number of hydrogen-bond acceptors (Lipinski definition) is 5. The second-order valence-corrected chi connectivity index (χ2v) is 7.03. The van der Waals surface area contributed by atoms with E-state index in [1.165, 1.54) is 7.05 Å². The molecule has 3 rings (SSSR count). The van der Waals surface area contributed by atoms with Crippen LogP contribution in [0.25, 0.3) is 0 Å². The average Bonchev–Trinajstić information content (AvgIpc) is 3.13. The summed E-state index contributed by atoms with van der Waals surface area (Å²) in [6, 6.07) is -0.00786. The molecule has 14 heteroatoms. The molecule has 2 aromatic rings. The number of aromatic carboxylic acids is 1. The molecule has 1 aliphatic rings. The van der Waals surface area contributed by atoms with Gasteiger partial charge in [-0.05, 0) is 25.1 Å². The van der Waals surface area contributed by atoms with E-state index in [-0.39, 0.29) is 37.2 Å². The van der Waals surface area contributed by atoms with Crippen LogP contribution in [0, 0.1) is 17.5 Å². The van der Waals surface area contributed by atoms with Crippen molar-refractivity contribution in [2.75, 3.05) is 13.6 Å². The van der Waals surface area contributed by atoms with Crippen LogP contribution in [0.3, 0.4) is 0 Å². The molecule has 0 bridgehead atoms. The summed E-state index contributed by atoms with van der Waals surface area (Å²) in [5.74, 6) is -7.33. The van der Waals surface area contributed by atoms with Gasteiger partial charge in [-0.2, -0.15) is 13.2 Å². The second-order valence-electron chi connectivity index (χ2n) is 7.03. The molecule has 33 heavy (non-hydrogen) atoms. The Morgan fingerprint density at radius 2 is 1.73 bits per heavy atom. The van der Waals surface area contributed by atoms with Crippen molar-refractivity contribution in [3.63, 3.8) is 0 Å². The molecule has 0 saturated carbocycles. The van der Waals surface area contributed by atoms with E-state index in [2.05, 4.69) is 10.7 Å². The molecule has 0 aliphatic carbocycles. The highest BCUT2D eigenvalue weighted by Gasteiger charge is 2.41. The van der Waals surface area contributed by atoms with Crippen molar-refractivity contribution >= 4 is 11.9 Å². The van der Waals surface area contributed by atoms with Gasteiger partial charge in [-0.3, -0.25) is 4.79 Å². The maximum absolute atomic E-state index is 13.8. The third-order valence-corrected chi connectivity index (χ3v) is 4.82. The lowest BCUT2D eigenvalue weighted by Gasteiger charge is -2.30. The van der Waals surface area contributed by atoms with Gasteiger partial charge >= 0.3 is 12.1 Å². The summed E-state index contributed by atoms with van der Waals surface area (Å²) >= 11 is 0. The van der Waals surface area contributed by atoms with Gasteiger partial charge < -0.3 is 26.0 Å². The number of nitrogens with zero attached hydrogens (tertiary/aromatic N) is 3. The normalized spacial score (nSPS) is 14.3. The molecule has 1 amide bonds. The van der Waals surface area contributed by atoms with Crippen LogP contribution < -0.4 is 11.5 Å². The predicted octanol–water partition coefficient (Wildman–Crippen LogP) is 1.89. The minimum atomic E-state index is -4.87. The number of rotatable bonds is 5. The SMILES string of the molecule is CN.N[C@@H](CC(=O)N1CCn2c(C(F)(F)F)nc(C(=O)O)c2C1)Cc1cc(F)c(F)cc1F. The zero-order chi connectivity index (χ0) is 25.1. The van der Waals surface area contributed by atoms with Crippen LogP contribution in [0.15, 0.2) is 12.1 Å². The van der Waals surface area contributed by atoms with E-state index in [9.17, 15) is 35.9 Å². The number of halogens is 6. The van der Waals surface area contributed by atoms with Gasteiger partial charge in [-0.15, -0.1) is 0 Å². The van der Waals surface area contributed by atoms with Crippen molar-refractivity contribution in [3.05, 3.63) is 52.4 Å². The molecule has 0 fully saturated rings. The fourth-order valence-electron chi connectivity index (χ4n) is 3.40. The van der Waals surface area contributed by atoms with Gasteiger partial charge in [0.2, 0.25) is 11.7 Å². The molecule has 2 heterocycles. The fourth-order valence-corrected chi connectivity index (χ4v) is 3.40. The monoisotopic (exact) mass is 481 g/mol. The predicted molar refractivity (Wildman–Crippen MR) is 102 cm³/mol. The van der Waals surface area contributed by atoms with E-state index in [0.717, 1.165) is 4.90 Å². The van der Waals surface area contributed by atoms with Gasteiger partial charge in [0.25, 0.3) is 0 Å². The van der Waals surface area contributed by atoms with E-state index < -0.39 is 59.6 Å². The van der Waals surface area contributed by atoms with E-state index in [1.54, 1.807) is 0 Å². The lowest BCUT2D eigenvalue weighted by Crippen LogP contribution is -2.42. The molecule has 0 radical (unpaired) electrons. The fraction of sp³-hybridized carbons (Fsp3) is 0.421. The first-order valence-electron chi connectivity index (χ1n) is 9.53. The molecular weight excluding hydrogens is 460 g/mol. The maximum Gasteiger partial charge on any atom is 0.449 e. The smallest absolute Gasteiger partial charge is 0.449 e. The summed E-state index contributed by atoms with van der Waals surface area (Å²) in [5, 5.41) is 9.16. The standard InChI is InChI=1S/C18H16F6N4O3.CH5N/c19-10-6-12(21)11(20)4-8(10)3-9(25)5-14(29)27-1-2-28-13(7-27)15(16(30)31)26-17(28)18(22,23)24;1-2/h4,6,9H,1-3,5,7,25H2,(H,30,31);2H2,1H3/t9-;/m1./s1. The molecule has 0 saturated heterocycles. The van der Waals surface area contributed by atoms with Crippen LogP contribution in [0.4, 0.5) is 26.3 Å². The van der Waals surface area contributed by atoms with E-state index in [1.807, 2.05) is 0 Å². The number of fused-ring (bicyclic) bond motifs is 1. The molecule has 1 aromatic carbocycles.